The van der Waals surface area contributed by atoms with Gasteiger partial charge in [-0.05, 0) is 79.9 Å². The Labute approximate surface area is 171 Å². The maximum atomic E-state index is 12.6. The maximum absolute atomic E-state index is 12.6. The predicted octanol–water partition coefficient (Wildman–Crippen LogP) is 4.96. The molecule has 4 rings (SSSR count). The molecule has 1 aliphatic heterocycles. The Morgan fingerprint density at radius 1 is 1.04 bits per heavy atom. The van der Waals surface area contributed by atoms with Crippen molar-refractivity contribution in [3.8, 4) is 11.5 Å². The molecule has 0 aromatic heterocycles. The molecule has 0 fully saturated rings. The number of hydrogen-bond acceptors (Lipinski definition) is 3. The molecular weight excluding hydrogens is 368 g/mol. The summed E-state index contributed by atoms with van der Waals surface area (Å²) in [5.41, 5.74) is 5.37. The fourth-order valence-corrected chi connectivity index (χ4v) is 4.06. The van der Waals surface area contributed by atoms with Crippen molar-refractivity contribution in [3.63, 3.8) is 0 Å². The molecule has 0 saturated heterocycles. The lowest BCUT2D eigenvalue weighted by molar-refractivity contribution is -0.116. The number of Topliss-reactive ketones (excluding diaryl/α,β-unsaturated/α-hetero) is 1. The minimum Gasteiger partial charge on any atom is -0.457 e. The summed E-state index contributed by atoms with van der Waals surface area (Å²) in [5.74, 6) is 1.80. The van der Waals surface area contributed by atoms with Crippen LogP contribution in [0.5, 0.6) is 11.5 Å². The number of nitrogens with one attached hydrogen (secondary N) is 1. The Hall–Kier alpha value is -2.66. The SMILES string of the molecule is Cc1ccc(Oc2ccc(C3NC(=S)N(C)C4=C3C(=O)CCC4)cc2)cc1C. The van der Waals surface area contributed by atoms with Gasteiger partial charge in [-0.1, -0.05) is 18.2 Å². The van der Waals surface area contributed by atoms with Gasteiger partial charge in [0.25, 0.3) is 0 Å². The lowest BCUT2D eigenvalue weighted by Crippen LogP contribution is -2.47. The Balaban J connectivity index is 1.61. The highest BCUT2D eigenvalue weighted by Crippen LogP contribution is 2.37. The third kappa shape index (κ3) is 3.42. The first kappa shape index (κ1) is 18.7. The Kier molecular flexibility index (Phi) is 4.94. The molecule has 1 unspecified atom stereocenters. The summed E-state index contributed by atoms with van der Waals surface area (Å²) >= 11 is 5.49. The second-order valence-electron chi connectivity index (χ2n) is 7.50. The van der Waals surface area contributed by atoms with E-state index in [4.69, 9.17) is 17.0 Å². The Bertz CT molecular complexity index is 979. The van der Waals surface area contributed by atoms with Crippen LogP contribution in [0.2, 0.25) is 0 Å². The number of allylic oxidation sites excluding steroid dienone is 1. The van der Waals surface area contributed by atoms with Crippen molar-refractivity contribution in [3.05, 3.63) is 70.4 Å². The van der Waals surface area contributed by atoms with E-state index in [1.54, 1.807) is 0 Å². The minimum atomic E-state index is -0.192. The molecule has 5 heteroatoms. The van der Waals surface area contributed by atoms with Crippen LogP contribution in [0, 0.1) is 13.8 Å². The van der Waals surface area contributed by atoms with Crippen molar-refractivity contribution < 1.29 is 9.53 Å². The van der Waals surface area contributed by atoms with Crippen molar-refractivity contribution in [2.24, 2.45) is 0 Å². The molecule has 28 heavy (non-hydrogen) atoms. The third-order valence-corrected chi connectivity index (χ3v) is 6.01. The number of aryl methyl sites for hydroxylation is 2. The first-order valence-corrected chi connectivity index (χ1v) is 10.0. The van der Waals surface area contributed by atoms with Gasteiger partial charge in [-0.2, -0.15) is 0 Å². The second-order valence-corrected chi connectivity index (χ2v) is 7.88. The molecule has 0 bridgehead atoms. The van der Waals surface area contributed by atoms with Crippen LogP contribution in [-0.4, -0.2) is 22.8 Å². The highest BCUT2D eigenvalue weighted by atomic mass is 32.1. The summed E-state index contributed by atoms with van der Waals surface area (Å²) in [4.78, 5) is 14.6. The summed E-state index contributed by atoms with van der Waals surface area (Å²) in [7, 11) is 1.93. The van der Waals surface area contributed by atoms with Gasteiger partial charge >= 0.3 is 0 Å². The molecule has 2 aromatic rings. The molecule has 0 amide bonds. The smallest absolute Gasteiger partial charge is 0.173 e. The summed E-state index contributed by atoms with van der Waals surface area (Å²) in [6.45, 7) is 4.16. The number of nitrogens with zero attached hydrogens (tertiary/aromatic N) is 1. The van der Waals surface area contributed by atoms with Gasteiger partial charge in [-0.15, -0.1) is 0 Å². The fraction of sp³-hybridized carbons (Fsp3) is 0.304. The van der Waals surface area contributed by atoms with Crippen molar-refractivity contribution in [2.45, 2.75) is 39.2 Å². The van der Waals surface area contributed by atoms with E-state index in [9.17, 15) is 4.79 Å². The summed E-state index contributed by atoms with van der Waals surface area (Å²) in [6.07, 6.45) is 2.38. The molecule has 1 atom stereocenters. The van der Waals surface area contributed by atoms with Crippen LogP contribution in [0.3, 0.4) is 0 Å². The standard InChI is InChI=1S/C23H24N2O2S/c1-14-7-10-18(13-15(14)2)27-17-11-8-16(9-12-17)22-21-19(5-4-6-20(21)26)25(3)23(28)24-22/h7-13,22H,4-6H2,1-3H3,(H,24,28). The van der Waals surface area contributed by atoms with Gasteiger partial charge < -0.3 is 15.0 Å². The van der Waals surface area contributed by atoms with E-state index in [0.29, 0.717) is 11.5 Å². The fourth-order valence-electron chi connectivity index (χ4n) is 3.83. The lowest BCUT2D eigenvalue weighted by Gasteiger charge is -2.39. The number of ether oxygens (including phenoxy) is 1. The summed E-state index contributed by atoms with van der Waals surface area (Å²) in [6, 6.07) is 13.8. The maximum Gasteiger partial charge on any atom is 0.173 e. The minimum absolute atomic E-state index is 0.192. The van der Waals surface area contributed by atoms with Crippen LogP contribution in [0.15, 0.2) is 53.7 Å². The van der Waals surface area contributed by atoms with Gasteiger partial charge in [0, 0.05) is 24.7 Å². The zero-order valence-corrected chi connectivity index (χ0v) is 17.2. The van der Waals surface area contributed by atoms with Crippen molar-refractivity contribution in [1.29, 1.82) is 0 Å². The molecule has 1 N–H and O–H groups in total. The van der Waals surface area contributed by atoms with E-state index in [-0.39, 0.29) is 11.8 Å². The number of rotatable bonds is 3. The van der Waals surface area contributed by atoms with Crippen LogP contribution in [0.25, 0.3) is 0 Å². The summed E-state index contributed by atoms with van der Waals surface area (Å²) < 4.78 is 5.99. The van der Waals surface area contributed by atoms with Crippen LogP contribution in [-0.2, 0) is 4.79 Å². The molecule has 144 valence electrons. The number of benzene rings is 2. The molecule has 0 saturated carbocycles. The normalized spacial score (nSPS) is 19.4. The number of carbonyl (C=O) groups excluding carboxylic acids is 1. The van der Waals surface area contributed by atoms with E-state index >= 15 is 0 Å². The summed E-state index contributed by atoms with van der Waals surface area (Å²) in [5, 5.41) is 3.99. The van der Waals surface area contributed by atoms with E-state index in [2.05, 4.69) is 25.2 Å². The highest BCUT2D eigenvalue weighted by Gasteiger charge is 2.35. The molecule has 2 aliphatic rings. The third-order valence-electron chi connectivity index (χ3n) is 5.62. The van der Waals surface area contributed by atoms with Crippen molar-refractivity contribution in [2.75, 3.05) is 7.05 Å². The van der Waals surface area contributed by atoms with Crippen LogP contribution >= 0.6 is 12.2 Å². The molecule has 1 heterocycles. The number of carbonyl (C=O) groups is 1. The van der Waals surface area contributed by atoms with Gasteiger partial charge in [0.15, 0.2) is 10.9 Å². The second kappa shape index (κ2) is 7.40. The highest BCUT2D eigenvalue weighted by molar-refractivity contribution is 7.80. The van der Waals surface area contributed by atoms with Crippen LogP contribution < -0.4 is 10.1 Å². The van der Waals surface area contributed by atoms with E-state index in [0.717, 1.165) is 41.2 Å². The van der Waals surface area contributed by atoms with Gasteiger partial charge in [0.1, 0.15) is 11.5 Å². The molecule has 0 spiro atoms. The monoisotopic (exact) mass is 392 g/mol. The molecular formula is C23H24N2O2S. The number of thiocarbonyl (C=S) groups is 1. The van der Waals surface area contributed by atoms with E-state index in [1.165, 1.54) is 11.1 Å². The zero-order valence-electron chi connectivity index (χ0n) is 16.4. The number of ketones is 1. The van der Waals surface area contributed by atoms with Crippen LogP contribution in [0.4, 0.5) is 0 Å². The first-order valence-electron chi connectivity index (χ1n) is 9.59. The van der Waals surface area contributed by atoms with Gasteiger partial charge in [-0.3, -0.25) is 4.79 Å². The molecule has 1 aliphatic carbocycles. The molecule has 2 aromatic carbocycles. The molecule has 0 radical (unpaired) electrons. The molecule has 4 nitrogen and oxygen atoms in total. The first-order chi connectivity index (χ1) is 13.4. The van der Waals surface area contributed by atoms with E-state index < -0.39 is 0 Å². The van der Waals surface area contributed by atoms with Gasteiger partial charge in [0.05, 0.1) is 6.04 Å². The van der Waals surface area contributed by atoms with Crippen molar-refractivity contribution >= 4 is 23.1 Å². The zero-order chi connectivity index (χ0) is 19.8. The Morgan fingerprint density at radius 3 is 2.46 bits per heavy atom. The van der Waals surface area contributed by atoms with Gasteiger partial charge in [-0.25, -0.2) is 0 Å². The number of hydrogen-bond donors (Lipinski definition) is 1. The largest absolute Gasteiger partial charge is 0.457 e. The lowest BCUT2D eigenvalue weighted by atomic mass is 9.85. The van der Waals surface area contributed by atoms with Crippen LogP contribution in [0.1, 0.15) is 42.0 Å². The average Bonchev–Trinajstić information content (AvgIpc) is 2.68. The predicted molar refractivity (Wildman–Crippen MR) is 115 cm³/mol. The van der Waals surface area contributed by atoms with Gasteiger partial charge in [0.2, 0.25) is 0 Å². The van der Waals surface area contributed by atoms with E-state index in [1.807, 2.05) is 48.3 Å². The topological polar surface area (TPSA) is 41.6 Å². The quantitative estimate of drug-likeness (QED) is 0.748. The average molecular weight is 393 g/mol. The van der Waals surface area contributed by atoms with Crippen molar-refractivity contribution in [1.82, 2.24) is 10.2 Å². The Morgan fingerprint density at radius 2 is 1.75 bits per heavy atom.